The van der Waals surface area contributed by atoms with Gasteiger partial charge in [0.05, 0.1) is 49.4 Å². The Morgan fingerprint density at radius 2 is 1.91 bits per heavy atom. The summed E-state index contributed by atoms with van der Waals surface area (Å²) in [7, 11) is 4.76. The molecule has 1 aromatic carbocycles. The number of nitrogens with zero attached hydrogens (tertiary/aromatic N) is 6. The molecule has 0 spiro atoms. The largest absolute Gasteiger partial charge is 0.495 e. The van der Waals surface area contributed by atoms with Crippen LogP contribution in [0.2, 0.25) is 10.0 Å². The number of rotatable bonds is 8. The predicted molar refractivity (Wildman–Crippen MR) is 129 cm³/mol. The number of hydrogen-bond acceptors (Lipinski definition) is 8. The van der Waals surface area contributed by atoms with E-state index in [-0.39, 0.29) is 18.4 Å². The first-order chi connectivity index (χ1) is 16.3. The van der Waals surface area contributed by atoms with Crippen molar-refractivity contribution in [3.8, 4) is 11.5 Å². The van der Waals surface area contributed by atoms with E-state index >= 15 is 0 Å². The summed E-state index contributed by atoms with van der Waals surface area (Å²) in [5.41, 5.74) is 2.28. The second-order valence-corrected chi connectivity index (χ2v) is 7.79. The Kier molecular flexibility index (Phi) is 6.57. The maximum absolute atomic E-state index is 11.7. The highest BCUT2D eigenvalue weighted by Gasteiger charge is 2.19. The molecule has 0 fully saturated rings. The van der Waals surface area contributed by atoms with Crippen LogP contribution in [0.5, 0.6) is 11.5 Å². The van der Waals surface area contributed by atoms with Crippen molar-refractivity contribution in [3.05, 3.63) is 52.9 Å². The molecule has 0 saturated carbocycles. The lowest BCUT2D eigenvalue weighted by molar-refractivity contribution is -0.111. The summed E-state index contributed by atoms with van der Waals surface area (Å²) >= 11 is 13.0. The van der Waals surface area contributed by atoms with Crippen molar-refractivity contribution in [2.24, 2.45) is 7.05 Å². The molecular formula is C21H20Cl2N8O3. The average Bonchev–Trinajstić information content (AvgIpc) is 3.38. The van der Waals surface area contributed by atoms with Crippen LogP contribution in [0.3, 0.4) is 0 Å². The molecule has 0 aliphatic rings. The van der Waals surface area contributed by atoms with Gasteiger partial charge in [-0.2, -0.15) is 10.2 Å². The van der Waals surface area contributed by atoms with Crippen LogP contribution in [0.1, 0.15) is 5.56 Å². The van der Waals surface area contributed by atoms with Gasteiger partial charge in [0.25, 0.3) is 0 Å². The van der Waals surface area contributed by atoms with Crippen molar-refractivity contribution >= 4 is 57.6 Å². The van der Waals surface area contributed by atoms with Gasteiger partial charge in [-0.25, -0.2) is 9.97 Å². The normalized spacial score (nSPS) is 10.9. The lowest BCUT2D eigenvalue weighted by atomic mass is 10.2. The molecule has 13 heteroatoms. The lowest BCUT2D eigenvalue weighted by Crippen LogP contribution is -2.09. The molecule has 34 heavy (non-hydrogen) atoms. The highest BCUT2D eigenvalue weighted by atomic mass is 35.5. The molecule has 0 unspecified atom stereocenters. The summed E-state index contributed by atoms with van der Waals surface area (Å²) < 4.78 is 13.9. The summed E-state index contributed by atoms with van der Waals surface area (Å²) in [6.07, 6.45) is 6.03. The lowest BCUT2D eigenvalue weighted by Gasteiger charge is -2.15. The molecular weight excluding hydrogens is 483 g/mol. The zero-order chi connectivity index (χ0) is 24.4. The number of fused-ring (bicyclic) bond motifs is 1. The highest BCUT2D eigenvalue weighted by molar-refractivity contribution is 6.37. The van der Waals surface area contributed by atoms with Crippen molar-refractivity contribution in [2.45, 2.75) is 6.54 Å². The van der Waals surface area contributed by atoms with Crippen LogP contribution in [-0.2, 0) is 18.4 Å². The van der Waals surface area contributed by atoms with Crippen molar-refractivity contribution in [3.63, 3.8) is 0 Å². The van der Waals surface area contributed by atoms with E-state index in [0.29, 0.717) is 49.6 Å². The molecule has 4 rings (SSSR count). The number of anilines is 3. The van der Waals surface area contributed by atoms with E-state index in [1.54, 1.807) is 41.1 Å². The number of halogens is 2. The number of carbonyl (C=O) groups excluding carboxylic acids is 1. The van der Waals surface area contributed by atoms with E-state index in [2.05, 4.69) is 37.4 Å². The number of benzene rings is 1. The van der Waals surface area contributed by atoms with Crippen LogP contribution < -0.4 is 20.1 Å². The minimum absolute atomic E-state index is 0.239. The van der Waals surface area contributed by atoms with E-state index in [9.17, 15) is 4.79 Å². The smallest absolute Gasteiger partial charge is 0.247 e. The maximum Gasteiger partial charge on any atom is 0.247 e. The van der Waals surface area contributed by atoms with E-state index in [1.807, 2.05) is 0 Å². The molecule has 0 aliphatic carbocycles. The number of amides is 1. The van der Waals surface area contributed by atoms with Crippen LogP contribution in [-0.4, -0.2) is 49.7 Å². The first kappa shape index (κ1) is 23.3. The molecule has 11 nitrogen and oxygen atoms in total. The Morgan fingerprint density at radius 1 is 1.21 bits per heavy atom. The standard InChI is InChI=1S/C21H20Cl2N8O3/c1-5-17(32)26-13-10-30(2)29-20(13)28-21-24-8-14-12(27-21)7-25-31(14)9-11-18(22)15(33-3)6-16(34-4)19(11)23/h5-8,10H,1,9H2,2-4H3,(H,26,32)(H,24,27,28,29). The summed E-state index contributed by atoms with van der Waals surface area (Å²) in [6.45, 7) is 3.69. The number of hydrogen-bond donors (Lipinski definition) is 2. The Labute approximate surface area is 204 Å². The third-order valence-electron chi connectivity index (χ3n) is 4.87. The van der Waals surface area contributed by atoms with Crippen LogP contribution in [0, 0.1) is 0 Å². The fourth-order valence-electron chi connectivity index (χ4n) is 3.24. The van der Waals surface area contributed by atoms with Gasteiger partial charge in [-0.15, -0.1) is 0 Å². The number of aryl methyl sites for hydroxylation is 1. The molecule has 1 amide bonds. The zero-order valence-corrected chi connectivity index (χ0v) is 20.0. The summed E-state index contributed by atoms with van der Waals surface area (Å²) in [5.74, 6) is 1.17. The number of carbonyl (C=O) groups is 1. The minimum Gasteiger partial charge on any atom is -0.495 e. The Hall–Kier alpha value is -3.83. The van der Waals surface area contributed by atoms with Crippen LogP contribution >= 0.6 is 23.2 Å². The number of aromatic nitrogens is 6. The molecule has 176 valence electrons. The third-order valence-corrected chi connectivity index (χ3v) is 5.70. The first-order valence-corrected chi connectivity index (χ1v) is 10.6. The maximum atomic E-state index is 11.7. The van der Waals surface area contributed by atoms with Crippen molar-refractivity contribution in [2.75, 3.05) is 24.9 Å². The van der Waals surface area contributed by atoms with Crippen molar-refractivity contribution in [1.82, 2.24) is 29.5 Å². The fraction of sp³-hybridized carbons (Fsp3) is 0.190. The Morgan fingerprint density at radius 3 is 2.56 bits per heavy atom. The molecule has 0 saturated heterocycles. The van der Waals surface area contributed by atoms with Crippen molar-refractivity contribution in [1.29, 1.82) is 0 Å². The van der Waals surface area contributed by atoms with Gasteiger partial charge in [0, 0.05) is 18.7 Å². The molecule has 0 bridgehead atoms. The van der Waals surface area contributed by atoms with Gasteiger partial charge >= 0.3 is 0 Å². The SMILES string of the molecule is C=CC(=O)Nc1cn(C)nc1Nc1ncc2c(cnn2Cc2c(Cl)c(OC)cc(OC)c2Cl)n1. The monoisotopic (exact) mass is 502 g/mol. The minimum atomic E-state index is -0.361. The molecule has 3 heterocycles. The third kappa shape index (κ3) is 4.47. The highest BCUT2D eigenvalue weighted by Crippen LogP contribution is 2.40. The van der Waals surface area contributed by atoms with Crippen LogP contribution in [0.4, 0.5) is 17.5 Å². The molecule has 4 aromatic rings. The van der Waals surface area contributed by atoms with Gasteiger partial charge in [-0.05, 0) is 6.08 Å². The second-order valence-electron chi connectivity index (χ2n) is 7.04. The topological polar surface area (TPSA) is 121 Å². The van der Waals surface area contributed by atoms with Gasteiger partial charge in [0.1, 0.15) is 28.2 Å². The molecule has 2 N–H and O–H groups in total. The fourth-order valence-corrected chi connectivity index (χ4v) is 3.86. The molecule has 0 atom stereocenters. The van der Waals surface area contributed by atoms with Gasteiger partial charge < -0.3 is 20.1 Å². The molecule has 0 aliphatic heterocycles. The van der Waals surface area contributed by atoms with Gasteiger partial charge in [0.2, 0.25) is 11.9 Å². The van der Waals surface area contributed by atoms with Crippen LogP contribution in [0.15, 0.2) is 37.3 Å². The van der Waals surface area contributed by atoms with Gasteiger partial charge in [0.15, 0.2) is 5.82 Å². The molecule has 3 aromatic heterocycles. The van der Waals surface area contributed by atoms with E-state index in [0.717, 1.165) is 0 Å². The first-order valence-electron chi connectivity index (χ1n) is 9.86. The van der Waals surface area contributed by atoms with Crippen molar-refractivity contribution < 1.29 is 14.3 Å². The van der Waals surface area contributed by atoms with Gasteiger partial charge in [-0.1, -0.05) is 29.8 Å². The summed E-state index contributed by atoms with van der Waals surface area (Å²) in [6, 6.07) is 1.62. The van der Waals surface area contributed by atoms with E-state index in [1.165, 1.54) is 20.3 Å². The number of methoxy groups -OCH3 is 2. The Balaban J connectivity index is 1.64. The Bertz CT molecular complexity index is 1370. The summed E-state index contributed by atoms with van der Waals surface area (Å²) in [5, 5.41) is 15.1. The quantitative estimate of drug-likeness (QED) is 0.349. The summed E-state index contributed by atoms with van der Waals surface area (Å²) in [4.78, 5) is 20.5. The second kappa shape index (κ2) is 9.57. The van der Waals surface area contributed by atoms with E-state index < -0.39 is 0 Å². The zero-order valence-electron chi connectivity index (χ0n) is 18.5. The van der Waals surface area contributed by atoms with Gasteiger partial charge in [-0.3, -0.25) is 14.2 Å². The molecule has 0 radical (unpaired) electrons. The number of nitrogens with one attached hydrogen (secondary N) is 2. The number of ether oxygens (including phenoxy) is 2. The van der Waals surface area contributed by atoms with Crippen LogP contribution in [0.25, 0.3) is 11.0 Å². The average molecular weight is 503 g/mol. The van der Waals surface area contributed by atoms with E-state index in [4.69, 9.17) is 32.7 Å². The predicted octanol–water partition coefficient (Wildman–Crippen LogP) is 3.80.